The molecule has 0 spiro atoms. The number of hydrogen-bond donors (Lipinski definition) is 0. The van der Waals surface area contributed by atoms with E-state index in [9.17, 15) is 9.59 Å². The van der Waals surface area contributed by atoms with Gasteiger partial charge in [-0.3, -0.25) is 9.59 Å². The van der Waals surface area contributed by atoms with E-state index in [-0.39, 0.29) is 11.6 Å². The second-order valence-corrected chi connectivity index (χ2v) is 5.04. The number of Topliss-reactive ketones (excluding diaryl/α,β-unsaturated/α-hetero) is 2. The van der Waals surface area contributed by atoms with Gasteiger partial charge in [-0.05, 0) is 29.1 Å². The molecule has 0 amide bonds. The first-order valence-electron chi connectivity index (χ1n) is 6.22. The molecule has 0 aromatic heterocycles. The molecule has 0 saturated carbocycles. The van der Waals surface area contributed by atoms with E-state index in [0.717, 1.165) is 27.1 Å². The smallest absolute Gasteiger partial charge is 0.234 e. The van der Waals surface area contributed by atoms with Gasteiger partial charge in [0.05, 0.1) is 0 Å². The van der Waals surface area contributed by atoms with Crippen LogP contribution in [-0.2, 0) is 0 Å². The minimum atomic E-state index is -0.382. The highest BCUT2D eigenvalue weighted by Gasteiger charge is 2.31. The van der Waals surface area contributed by atoms with Gasteiger partial charge in [0, 0.05) is 16.5 Å². The molecule has 0 aliphatic heterocycles. The van der Waals surface area contributed by atoms with Gasteiger partial charge in [-0.2, -0.15) is 0 Å². The minimum Gasteiger partial charge on any atom is -0.285 e. The molecule has 4 rings (SSSR count). The van der Waals surface area contributed by atoms with Crippen LogP contribution in [0.15, 0.2) is 42.5 Å². The predicted molar refractivity (Wildman–Crippen MR) is 74.9 cm³/mol. The molecule has 0 fully saturated rings. The van der Waals surface area contributed by atoms with Crippen LogP contribution >= 0.6 is 0 Å². The van der Waals surface area contributed by atoms with E-state index in [0.29, 0.717) is 11.1 Å². The maximum absolute atomic E-state index is 12.1. The fourth-order valence-corrected chi connectivity index (χ4v) is 2.95. The summed E-state index contributed by atoms with van der Waals surface area (Å²) < 4.78 is 0. The first-order chi connectivity index (χ1) is 9.16. The maximum Gasteiger partial charge on any atom is 0.234 e. The number of ketones is 2. The summed E-state index contributed by atoms with van der Waals surface area (Å²) in [5, 5.41) is 3.91. The Morgan fingerprint density at radius 1 is 0.789 bits per heavy atom. The Bertz CT molecular complexity index is 904. The van der Waals surface area contributed by atoms with Gasteiger partial charge >= 0.3 is 0 Å². The average molecular weight is 246 g/mol. The van der Waals surface area contributed by atoms with Crippen molar-refractivity contribution >= 4 is 33.1 Å². The van der Waals surface area contributed by atoms with Crippen LogP contribution < -0.4 is 0 Å². The lowest BCUT2D eigenvalue weighted by Gasteiger charge is -2.06. The monoisotopic (exact) mass is 246 g/mol. The van der Waals surface area contributed by atoms with E-state index in [1.165, 1.54) is 0 Å². The molecule has 1 aliphatic rings. The Labute approximate surface area is 109 Å². The largest absolute Gasteiger partial charge is 0.285 e. The van der Waals surface area contributed by atoms with Gasteiger partial charge < -0.3 is 0 Å². The van der Waals surface area contributed by atoms with Gasteiger partial charge in [0.25, 0.3) is 0 Å². The van der Waals surface area contributed by atoms with Crippen molar-refractivity contribution in [3.8, 4) is 0 Å². The molecule has 90 valence electrons. The van der Waals surface area contributed by atoms with E-state index < -0.39 is 0 Å². The van der Waals surface area contributed by atoms with Crippen LogP contribution in [0.4, 0.5) is 0 Å². The van der Waals surface area contributed by atoms with Crippen molar-refractivity contribution in [2.45, 2.75) is 6.92 Å². The summed E-state index contributed by atoms with van der Waals surface area (Å²) in [6.07, 6.45) is 0. The molecule has 2 nitrogen and oxygen atoms in total. The second-order valence-electron chi connectivity index (χ2n) is 5.04. The van der Waals surface area contributed by atoms with Crippen LogP contribution in [0.1, 0.15) is 26.3 Å². The number of fused-ring (bicyclic) bond motifs is 2. The predicted octanol–water partition coefficient (Wildman–Crippen LogP) is 3.68. The number of benzene rings is 3. The standard InChI is InChI=1S/C17H10O2/c1-9-5-6-11-10(7-9)8-14-15-12(11)3-2-4-13(15)16(18)17(14)19/h2-8H,1H3. The molecular weight excluding hydrogens is 236 g/mol. The first-order valence-corrected chi connectivity index (χ1v) is 6.22. The van der Waals surface area contributed by atoms with Gasteiger partial charge in [0.1, 0.15) is 0 Å². The van der Waals surface area contributed by atoms with Gasteiger partial charge in [-0.15, -0.1) is 0 Å². The van der Waals surface area contributed by atoms with Crippen molar-refractivity contribution in [1.29, 1.82) is 0 Å². The van der Waals surface area contributed by atoms with Gasteiger partial charge in [0.2, 0.25) is 11.6 Å². The van der Waals surface area contributed by atoms with Crippen LogP contribution in [0.2, 0.25) is 0 Å². The Kier molecular flexibility index (Phi) is 1.81. The van der Waals surface area contributed by atoms with E-state index in [1.807, 2.05) is 31.2 Å². The summed E-state index contributed by atoms with van der Waals surface area (Å²) in [5.74, 6) is -0.762. The molecule has 0 radical (unpaired) electrons. The number of rotatable bonds is 0. The minimum absolute atomic E-state index is 0.380. The van der Waals surface area contributed by atoms with Crippen molar-refractivity contribution in [2.75, 3.05) is 0 Å². The molecule has 0 atom stereocenters. The second kappa shape index (κ2) is 3.29. The van der Waals surface area contributed by atoms with Gasteiger partial charge in [0.15, 0.2) is 0 Å². The highest BCUT2D eigenvalue weighted by atomic mass is 16.2. The maximum atomic E-state index is 12.1. The van der Waals surface area contributed by atoms with E-state index >= 15 is 0 Å². The summed E-state index contributed by atoms with van der Waals surface area (Å²) in [6.45, 7) is 2.02. The molecule has 0 saturated heterocycles. The van der Waals surface area contributed by atoms with Gasteiger partial charge in [-0.1, -0.05) is 42.0 Å². The summed E-state index contributed by atoms with van der Waals surface area (Å²) in [5.41, 5.74) is 2.24. The van der Waals surface area contributed by atoms with E-state index in [1.54, 1.807) is 6.07 Å². The number of carbonyl (C=O) groups excluding carboxylic acids is 2. The van der Waals surface area contributed by atoms with Crippen LogP contribution in [0.3, 0.4) is 0 Å². The molecule has 0 heterocycles. The summed E-state index contributed by atoms with van der Waals surface area (Å²) in [7, 11) is 0. The Hall–Kier alpha value is -2.48. The quantitative estimate of drug-likeness (QED) is 0.448. The lowest BCUT2D eigenvalue weighted by molar-refractivity contribution is 0.0825. The fourth-order valence-electron chi connectivity index (χ4n) is 2.95. The fraction of sp³-hybridized carbons (Fsp3) is 0.0588. The number of hydrogen-bond acceptors (Lipinski definition) is 2. The zero-order valence-corrected chi connectivity index (χ0v) is 10.4. The molecule has 0 bridgehead atoms. The molecule has 0 N–H and O–H groups in total. The Balaban J connectivity index is 2.33. The molecule has 1 aliphatic carbocycles. The number of carbonyl (C=O) groups is 2. The van der Waals surface area contributed by atoms with Crippen LogP contribution in [-0.4, -0.2) is 11.6 Å². The van der Waals surface area contributed by atoms with Crippen molar-refractivity contribution in [2.24, 2.45) is 0 Å². The third-order valence-corrected chi connectivity index (χ3v) is 3.83. The molecule has 2 heteroatoms. The highest BCUT2D eigenvalue weighted by Crippen LogP contribution is 2.36. The summed E-state index contributed by atoms with van der Waals surface area (Å²) in [4.78, 5) is 24.0. The number of aryl methyl sites for hydroxylation is 1. The molecule has 3 aromatic rings. The van der Waals surface area contributed by atoms with Crippen LogP contribution in [0, 0.1) is 6.92 Å². The van der Waals surface area contributed by atoms with Crippen molar-refractivity contribution in [3.05, 3.63) is 59.2 Å². The van der Waals surface area contributed by atoms with Gasteiger partial charge in [-0.25, -0.2) is 0 Å². The lowest BCUT2D eigenvalue weighted by atomic mass is 9.97. The van der Waals surface area contributed by atoms with E-state index in [2.05, 4.69) is 12.1 Å². The lowest BCUT2D eigenvalue weighted by Crippen LogP contribution is -2.05. The van der Waals surface area contributed by atoms with Crippen LogP contribution in [0.5, 0.6) is 0 Å². The third-order valence-electron chi connectivity index (χ3n) is 3.83. The zero-order chi connectivity index (χ0) is 13.1. The molecule has 3 aromatic carbocycles. The topological polar surface area (TPSA) is 34.1 Å². The normalized spacial score (nSPS) is 13.7. The molecule has 0 unspecified atom stereocenters. The first kappa shape index (κ1) is 10.4. The Morgan fingerprint density at radius 2 is 1.58 bits per heavy atom. The van der Waals surface area contributed by atoms with Crippen molar-refractivity contribution < 1.29 is 9.59 Å². The highest BCUT2D eigenvalue weighted by molar-refractivity contribution is 6.58. The summed E-state index contributed by atoms with van der Waals surface area (Å²) in [6, 6.07) is 13.6. The summed E-state index contributed by atoms with van der Waals surface area (Å²) >= 11 is 0. The van der Waals surface area contributed by atoms with E-state index in [4.69, 9.17) is 0 Å². The molecule has 19 heavy (non-hydrogen) atoms. The SMILES string of the molecule is Cc1ccc2c(c1)cc1c3c(cccc32)C(=O)C1=O. The van der Waals surface area contributed by atoms with Crippen LogP contribution in [0.25, 0.3) is 21.5 Å². The third kappa shape index (κ3) is 1.21. The van der Waals surface area contributed by atoms with Crippen molar-refractivity contribution in [1.82, 2.24) is 0 Å². The Morgan fingerprint density at radius 3 is 2.42 bits per heavy atom. The zero-order valence-electron chi connectivity index (χ0n) is 10.4. The van der Waals surface area contributed by atoms with Crippen molar-refractivity contribution in [3.63, 3.8) is 0 Å². The average Bonchev–Trinajstić information content (AvgIpc) is 2.65. The molecular formula is C17H10O2.